The standard InChI is InChI=1S/C17H17N3O/c1-13(14-7-3-2-4-8-14)19-12-17(21)20-16-10-6-5-9-15(16)11-18/h2-10,13,19H,12H2,1H3,(H,20,21)/p+1/t13-/m1/s1. The molecule has 106 valence electrons. The number of anilines is 1. The summed E-state index contributed by atoms with van der Waals surface area (Å²) in [6, 6.07) is 19.3. The Morgan fingerprint density at radius 1 is 1.19 bits per heavy atom. The van der Waals surface area contributed by atoms with Crippen LogP contribution in [0.2, 0.25) is 0 Å². The third-order valence-electron chi connectivity index (χ3n) is 3.30. The number of nitriles is 1. The van der Waals surface area contributed by atoms with Gasteiger partial charge in [-0.05, 0) is 19.1 Å². The first kappa shape index (κ1) is 14.8. The van der Waals surface area contributed by atoms with Crippen LogP contribution < -0.4 is 10.6 Å². The van der Waals surface area contributed by atoms with Gasteiger partial charge in [0, 0.05) is 5.56 Å². The van der Waals surface area contributed by atoms with Crippen molar-refractivity contribution in [3.63, 3.8) is 0 Å². The van der Waals surface area contributed by atoms with Crippen LogP contribution in [0.4, 0.5) is 5.69 Å². The number of rotatable bonds is 5. The number of benzene rings is 2. The van der Waals surface area contributed by atoms with E-state index in [2.05, 4.69) is 18.3 Å². The smallest absolute Gasteiger partial charge is 0.279 e. The Hall–Kier alpha value is -2.64. The van der Waals surface area contributed by atoms with Gasteiger partial charge in [0.25, 0.3) is 5.91 Å². The van der Waals surface area contributed by atoms with Gasteiger partial charge in [-0.15, -0.1) is 0 Å². The highest BCUT2D eigenvalue weighted by atomic mass is 16.1. The zero-order valence-electron chi connectivity index (χ0n) is 11.9. The first-order chi connectivity index (χ1) is 10.2. The van der Waals surface area contributed by atoms with Crippen molar-refractivity contribution in [1.82, 2.24) is 0 Å². The average Bonchev–Trinajstić information content (AvgIpc) is 2.54. The largest absolute Gasteiger partial charge is 0.333 e. The number of nitrogens with zero attached hydrogens (tertiary/aromatic N) is 1. The predicted octanol–water partition coefficient (Wildman–Crippen LogP) is 1.82. The molecule has 0 unspecified atom stereocenters. The molecule has 0 aliphatic carbocycles. The molecule has 4 nitrogen and oxygen atoms in total. The van der Waals surface area contributed by atoms with E-state index in [1.807, 2.05) is 35.6 Å². The summed E-state index contributed by atoms with van der Waals surface area (Å²) in [5.74, 6) is -0.111. The molecule has 2 aromatic rings. The van der Waals surface area contributed by atoms with Crippen LogP contribution in [0.3, 0.4) is 0 Å². The number of nitrogens with one attached hydrogen (secondary N) is 1. The van der Waals surface area contributed by atoms with Gasteiger partial charge in [0.2, 0.25) is 0 Å². The van der Waals surface area contributed by atoms with E-state index < -0.39 is 0 Å². The Labute approximate surface area is 124 Å². The van der Waals surface area contributed by atoms with Gasteiger partial charge in [0.15, 0.2) is 6.54 Å². The van der Waals surface area contributed by atoms with Gasteiger partial charge in [-0.2, -0.15) is 5.26 Å². The lowest BCUT2D eigenvalue weighted by Gasteiger charge is -2.11. The fourth-order valence-corrected chi connectivity index (χ4v) is 2.07. The van der Waals surface area contributed by atoms with Crippen molar-refractivity contribution < 1.29 is 10.1 Å². The molecule has 3 N–H and O–H groups in total. The molecule has 1 amide bonds. The predicted molar refractivity (Wildman–Crippen MR) is 81.4 cm³/mol. The first-order valence-corrected chi connectivity index (χ1v) is 6.88. The van der Waals surface area contributed by atoms with Crippen LogP contribution in [0.15, 0.2) is 54.6 Å². The van der Waals surface area contributed by atoms with E-state index in [9.17, 15) is 4.79 Å². The van der Waals surface area contributed by atoms with Crippen molar-refractivity contribution in [2.24, 2.45) is 0 Å². The summed E-state index contributed by atoms with van der Waals surface area (Å²) in [5, 5.41) is 13.7. The van der Waals surface area contributed by atoms with Crippen molar-refractivity contribution in [2.75, 3.05) is 11.9 Å². The number of quaternary nitrogens is 1. The molecule has 0 aromatic heterocycles. The molecule has 2 rings (SSSR count). The summed E-state index contributed by atoms with van der Waals surface area (Å²) >= 11 is 0. The molecule has 0 bridgehead atoms. The Kier molecular flexibility index (Phi) is 5.08. The average molecular weight is 280 g/mol. The number of para-hydroxylation sites is 1. The number of hydrogen-bond donors (Lipinski definition) is 2. The zero-order chi connectivity index (χ0) is 15.1. The van der Waals surface area contributed by atoms with Crippen LogP contribution >= 0.6 is 0 Å². The van der Waals surface area contributed by atoms with E-state index in [4.69, 9.17) is 5.26 Å². The Morgan fingerprint density at radius 2 is 1.86 bits per heavy atom. The van der Waals surface area contributed by atoms with Crippen LogP contribution in [0.5, 0.6) is 0 Å². The third-order valence-corrected chi connectivity index (χ3v) is 3.30. The summed E-state index contributed by atoms with van der Waals surface area (Å²) < 4.78 is 0. The monoisotopic (exact) mass is 280 g/mol. The Balaban J connectivity index is 1.90. The maximum absolute atomic E-state index is 12.0. The van der Waals surface area contributed by atoms with Crippen LogP contribution in [0.25, 0.3) is 0 Å². The molecular weight excluding hydrogens is 262 g/mol. The van der Waals surface area contributed by atoms with E-state index in [0.29, 0.717) is 17.8 Å². The molecule has 0 aliphatic heterocycles. The molecule has 0 saturated heterocycles. The van der Waals surface area contributed by atoms with E-state index in [-0.39, 0.29) is 11.9 Å². The SMILES string of the molecule is C[C@@H]([NH2+]CC(=O)Nc1ccccc1C#N)c1ccccc1. The lowest BCUT2D eigenvalue weighted by Crippen LogP contribution is -2.86. The summed E-state index contributed by atoms with van der Waals surface area (Å²) in [6.45, 7) is 2.38. The number of amides is 1. The van der Waals surface area contributed by atoms with E-state index in [1.165, 1.54) is 5.56 Å². The first-order valence-electron chi connectivity index (χ1n) is 6.88. The molecule has 1 atom stereocenters. The van der Waals surface area contributed by atoms with Crippen LogP contribution in [-0.4, -0.2) is 12.5 Å². The molecule has 0 heterocycles. The molecule has 0 spiro atoms. The van der Waals surface area contributed by atoms with Crippen molar-refractivity contribution in [3.8, 4) is 6.07 Å². The number of carbonyl (C=O) groups excluding carboxylic acids is 1. The second-order valence-corrected chi connectivity index (χ2v) is 4.84. The van der Waals surface area contributed by atoms with E-state index >= 15 is 0 Å². The number of carbonyl (C=O) groups is 1. The highest BCUT2D eigenvalue weighted by Gasteiger charge is 2.12. The second-order valence-electron chi connectivity index (χ2n) is 4.84. The maximum Gasteiger partial charge on any atom is 0.279 e. The maximum atomic E-state index is 12.0. The van der Waals surface area contributed by atoms with Crippen molar-refractivity contribution >= 4 is 11.6 Å². The highest BCUT2D eigenvalue weighted by Crippen LogP contribution is 2.13. The van der Waals surface area contributed by atoms with E-state index in [1.54, 1.807) is 24.3 Å². The van der Waals surface area contributed by atoms with E-state index in [0.717, 1.165) is 0 Å². The van der Waals surface area contributed by atoms with Gasteiger partial charge in [-0.1, -0.05) is 42.5 Å². The Morgan fingerprint density at radius 3 is 2.57 bits per heavy atom. The van der Waals surface area contributed by atoms with Crippen LogP contribution in [-0.2, 0) is 4.79 Å². The summed E-state index contributed by atoms with van der Waals surface area (Å²) in [6.07, 6.45) is 0. The molecule has 0 saturated carbocycles. The van der Waals surface area contributed by atoms with Gasteiger partial charge >= 0.3 is 0 Å². The minimum Gasteiger partial charge on any atom is -0.333 e. The van der Waals surface area contributed by atoms with Gasteiger partial charge < -0.3 is 10.6 Å². The molecule has 0 fully saturated rings. The fraction of sp³-hybridized carbons (Fsp3) is 0.176. The normalized spacial score (nSPS) is 11.4. The minimum atomic E-state index is -0.111. The lowest BCUT2D eigenvalue weighted by atomic mass is 10.1. The minimum absolute atomic E-state index is 0.111. The summed E-state index contributed by atoms with van der Waals surface area (Å²) in [5.41, 5.74) is 2.22. The summed E-state index contributed by atoms with van der Waals surface area (Å²) in [4.78, 5) is 12.0. The summed E-state index contributed by atoms with van der Waals surface area (Å²) in [7, 11) is 0. The number of nitrogens with two attached hydrogens (primary N) is 1. The topological polar surface area (TPSA) is 69.5 Å². The van der Waals surface area contributed by atoms with Gasteiger partial charge in [0.1, 0.15) is 12.1 Å². The molecule has 0 radical (unpaired) electrons. The van der Waals surface area contributed by atoms with Crippen molar-refractivity contribution in [2.45, 2.75) is 13.0 Å². The van der Waals surface area contributed by atoms with Gasteiger partial charge in [-0.3, -0.25) is 4.79 Å². The molecule has 0 aliphatic rings. The number of hydrogen-bond acceptors (Lipinski definition) is 2. The van der Waals surface area contributed by atoms with Gasteiger partial charge in [-0.25, -0.2) is 0 Å². The quantitative estimate of drug-likeness (QED) is 0.877. The van der Waals surface area contributed by atoms with Crippen LogP contribution in [0, 0.1) is 11.3 Å². The van der Waals surface area contributed by atoms with Gasteiger partial charge in [0.05, 0.1) is 11.3 Å². The highest BCUT2D eigenvalue weighted by molar-refractivity contribution is 5.92. The Bertz CT molecular complexity index is 647. The second kappa shape index (κ2) is 7.22. The lowest BCUT2D eigenvalue weighted by molar-refractivity contribution is -0.682. The zero-order valence-corrected chi connectivity index (χ0v) is 11.9. The van der Waals surface area contributed by atoms with Crippen LogP contribution in [0.1, 0.15) is 24.1 Å². The molecule has 2 aromatic carbocycles. The third kappa shape index (κ3) is 4.16. The van der Waals surface area contributed by atoms with Crippen molar-refractivity contribution in [1.29, 1.82) is 5.26 Å². The fourth-order valence-electron chi connectivity index (χ4n) is 2.07. The molecule has 21 heavy (non-hydrogen) atoms. The molecular formula is C17H18N3O+. The van der Waals surface area contributed by atoms with Crippen molar-refractivity contribution in [3.05, 3.63) is 65.7 Å². The molecule has 4 heteroatoms.